The Morgan fingerprint density at radius 1 is 1.33 bits per heavy atom. The van der Waals surface area contributed by atoms with E-state index in [0.717, 1.165) is 11.3 Å². The minimum Gasteiger partial charge on any atom is -0.497 e. The number of aliphatic hydroxyl groups is 1. The zero-order valence-electron chi connectivity index (χ0n) is 11.4. The van der Waals surface area contributed by atoms with E-state index in [4.69, 9.17) is 15.2 Å². The van der Waals surface area contributed by atoms with E-state index in [-0.39, 0.29) is 24.9 Å². The quantitative estimate of drug-likeness (QED) is 0.808. The monoisotopic (exact) mass is 289 g/mol. The molecule has 2 aromatic rings. The van der Waals surface area contributed by atoms with Crippen molar-refractivity contribution in [3.63, 3.8) is 0 Å². The van der Waals surface area contributed by atoms with Crippen LogP contribution >= 0.6 is 0 Å². The number of hydrogen-bond acceptors (Lipinski definition) is 6. The van der Waals surface area contributed by atoms with Gasteiger partial charge in [0.05, 0.1) is 19.3 Å². The van der Waals surface area contributed by atoms with Crippen LogP contribution in [0.15, 0.2) is 30.5 Å². The zero-order chi connectivity index (χ0) is 15.2. The Bertz CT molecular complexity index is 629. The molecule has 3 N–H and O–H groups in total. The second-order valence-electron chi connectivity index (χ2n) is 4.18. The highest BCUT2D eigenvalue weighted by Gasteiger charge is 2.11. The number of carbonyl (C=O) groups excluding carboxylic acids is 1. The number of primary amides is 1. The molecule has 7 nitrogen and oxygen atoms in total. The zero-order valence-corrected chi connectivity index (χ0v) is 11.4. The summed E-state index contributed by atoms with van der Waals surface area (Å²) >= 11 is 0. The lowest BCUT2D eigenvalue weighted by atomic mass is 10.2. The predicted octanol–water partition coefficient (Wildman–Crippen LogP) is 0.655. The summed E-state index contributed by atoms with van der Waals surface area (Å²) in [6.07, 6.45) is 1.32. The lowest BCUT2D eigenvalue weighted by molar-refractivity contribution is 0.0988. The molecule has 1 aromatic carbocycles. The molecule has 0 radical (unpaired) electrons. The SMILES string of the molecule is COc1ccc(COc2nc(C(N)=O)ncc2CO)cc1. The van der Waals surface area contributed by atoms with Crippen LogP contribution in [0.4, 0.5) is 0 Å². The third-order valence-corrected chi connectivity index (χ3v) is 2.75. The number of benzene rings is 1. The van der Waals surface area contributed by atoms with Gasteiger partial charge < -0.3 is 20.3 Å². The van der Waals surface area contributed by atoms with Crippen molar-refractivity contribution in [2.24, 2.45) is 5.73 Å². The molecule has 1 heterocycles. The Morgan fingerprint density at radius 3 is 2.62 bits per heavy atom. The predicted molar refractivity (Wildman–Crippen MR) is 73.8 cm³/mol. The molecule has 0 unspecified atom stereocenters. The molecule has 1 aromatic heterocycles. The second-order valence-corrected chi connectivity index (χ2v) is 4.18. The summed E-state index contributed by atoms with van der Waals surface area (Å²) in [6, 6.07) is 7.29. The maximum atomic E-state index is 11.1. The Balaban J connectivity index is 2.13. The number of nitrogens with zero attached hydrogens (tertiary/aromatic N) is 2. The number of aliphatic hydroxyl groups excluding tert-OH is 1. The summed E-state index contributed by atoms with van der Waals surface area (Å²) in [4.78, 5) is 18.7. The molecular formula is C14H15N3O4. The Kier molecular flexibility index (Phi) is 4.68. The lowest BCUT2D eigenvalue weighted by Crippen LogP contribution is -2.16. The molecule has 0 saturated carbocycles. The number of aromatic nitrogens is 2. The highest BCUT2D eigenvalue weighted by molar-refractivity contribution is 5.88. The standard InChI is InChI=1S/C14H15N3O4/c1-20-11-4-2-9(3-5-11)8-21-14-10(7-18)6-16-13(17-14)12(15)19/h2-6,18H,7-8H2,1H3,(H2,15,19). The van der Waals surface area contributed by atoms with Crippen LogP contribution in [0.5, 0.6) is 11.6 Å². The number of amides is 1. The van der Waals surface area contributed by atoms with Crippen molar-refractivity contribution >= 4 is 5.91 Å². The molecular weight excluding hydrogens is 274 g/mol. The molecule has 110 valence electrons. The van der Waals surface area contributed by atoms with E-state index in [1.807, 2.05) is 12.1 Å². The van der Waals surface area contributed by atoms with Gasteiger partial charge in [-0.1, -0.05) is 12.1 Å². The van der Waals surface area contributed by atoms with Gasteiger partial charge in [-0.2, -0.15) is 4.98 Å². The first-order chi connectivity index (χ1) is 10.1. The third kappa shape index (κ3) is 3.67. The molecule has 0 spiro atoms. The van der Waals surface area contributed by atoms with Gasteiger partial charge in [-0.15, -0.1) is 0 Å². The average Bonchev–Trinajstić information content (AvgIpc) is 2.53. The number of hydrogen-bond donors (Lipinski definition) is 2. The summed E-state index contributed by atoms with van der Waals surface area (Å²) in [5, 5.41) is 9.22. The molecule has 0 bridgehead atoms. The molecule has 0 aliphatic heterocycles. The highest BCUT2D eigenvalue weighted by atomic mass is 16.5. The fourth-order valence-corrected chi connectivity index (χ4v) is 1.62. The molecule has 0 aliphatic rings. The van der Waals surface area contributed by atoms with Gasteiger partial charge in [-0.25, -0.2) is 4.98 Å². The Morgan fingerprint density at radius 2 is 2.05 bits per heavy atom. The second kappa shape index (κ2) is 6.67. The molecule has 0 aliphatic carbocycles. The molecule has 21 heavy (non-hydrogen) atoms. The van der Waals surface area contributed by atoms with Crippen LogP contribution in [0.2, 0.25) is 0 Å². The Labute approximate surface area is 121 Å². The van der Waals surface area contributed by atoms with Crippen LogP contribution in [0.1, 0.15) is 21.7 Å². The van der Waals surface area contributed by atoms with Gasteiger partial charge in [0.25, 0.3) is 5.91 Å². The lowest BCUT2D eigenvalue weighted by Gasteiger charge is -2.10. The van der Waals surface area contributed by atoms with E-state index in [0.29, 0.717) is 5.56 Å². The van der Waals surface area contributed by atoms with Crippen LogP contribution in [0, 0.1) is 0 Å². The van der Waals surface area contributed by atoms with E-state index >= 15 is 0 Å². The highest BCUT2D eigenvalue weighted by Crippen LogP contribution is 2.17. The molecule has 2 rings (SSSR count). The first kappa shape index (κ1) is 14.7. The van der Waals surface area contributed by atoms with Crippen molar-refractivity contribution in [3.8, 4) is 11.6 Å². The molecule has 1 amide bonds. The summed E-state index contributed by atoms with van der Waals surface area (Å²) in [6.45, 7) is -0.0663. The first-order valence-electron chi connectivity index (χ1n) is 6.16. The fraction of sp³-hybridized carbons (Fsp3) is 0.214. The summed E-state index contributed by atoms with van der Waals surface area (Å²) in [5.41, 5.74) is 6.39. The number of ether oxygens (including phenoxy) is 2. The summed E-state index contributed by atoms with van der Waals surface area (Å²) in [5.74, 6) is -0.0318. The van der Waals surface area contributed by atoms with Crippen LogP contribution in [-0.4, -0.2) is 28.1 Å². The van der Waals surface area contributed by atoms with E-state index in [2.05, 4.69) is 9.97 Å². The van der Waals surface area contributed by atoms with Gasteiger partial charge in [0.1, 0.15) is 12.4 Å². The largest absolute Gasteiger partial charge is 0.497 e. The Hall–Kier alpha value is -2.67. The van der Waals surface area contributed by atoms with Gasteiger partial charge in [-0.3, -0.25) is 4.79 Å². The number of nitrogens with two attached hydrogens (primary N) is 1. The number of methoxy groups -OCH3 is 1. The first-order valence-corrected chi connectivity index (χ1v) is 6.16. The fourth-order valence-electron chi connectivity index (χ4n) is 1.62. The maximum absolute atomic E-state index is 11.1. The maximum Gasteiger partial charge on any atom is 0.286 e. The summed E-state index contributed by atoms with van der Waals surface area (Å²) in [7, 11) is 1.59. The van der Waals surface area contributed by atoms with E-state index in [9.17, 15) is 9.90 Å². The van der Waals surface area contributed by atoms with Crippen molar-refractivity contribution in [1.29, 1.82) is 0 Å². The molecule has 0 atom stereocenters. The van der Waals surface area contributed by atoms with Gasteiger partial charge in [0, 0.05) is 6.20 Å². The molecule has 7 heteroatoms. The van der Waals surface area contributed by atoms with Crippen LogP contribution in [0.25, 0.3) is 0 Å². The minimum atomic E-state index is -0.756. The van der Waals surface area contributed by atoms with Crippen molar-refractivity contribution < 1.29 is 19.4 Å². The van der Waals surface area contributed by atoms with Crippen LogP contribution < -0.4 is 15.2 Å². The van der Waals surface area contributed by atoms with Gasteiger partial charge in [0.2, 0.25) is 11.7 Å². The normalized spacial score (nSPS) is 10.2. The van der Waals surface area contributed by atoms with Crippen molar-refractivity contribution in [1.82, 2.24) is 9.97 Å². The van der Waals surface area contributed by atoms with E-state index < -0.39 is 5.91 Å². The number of carbonyl (C=O) groups is 1. The smallest absolute Gasteiger partial charge is 0.286 e. The topological polar surface area (TPSA) is 108 Å². The van der Waals surface area contributed by atoms with E-state index in [1.54, 1.807) is 19.2 Å². The molecule has 0 saturated heterocycles. The van der Waals surface area contributed by atoms with Crippen LogP contribution in [-0.2, 0) is 13.2 Å². The van der Waals surface area contributed by atoms with Gasteiger partial charge in [-0.05, 0) is 17.7 Å². The average molecular weight is 289 g/mol. The minimum absolute atomic E-state index is 0.136. The van der Waals surface area contributed by atoms with Gasteiger partial charge in [0.15, 0.2) is 0 Å². The number of rotatable bonds is 6. The molecule has 0 fully saturated rings. The van der Waals surface area contributed by atoms with Gasteiger partial charge >= 0.3 is 0 Å². The van der Waals surface area contributed by atoms with Crippen LogP contribution in [0.3, 0.4) is 0 Å². The van der Waals surface area contributed by atoms with E-state index in [1.165, 1.54) is 6.20 Å². The van der Waals surface area contributed by atoms with Crippen molar-refractivity contribution in [2.45, 2.75) is 13.2 Å². The van der Waals surface area contributed by atoms with Crippen molar-refractivity contribution in [2.75, 3.05) is 7.11 Å². The third-order valence-electron chi connectivity index (χ3n) is 2.75. The summed E-state index contributed by atoms with van der Waals surface area (Å²) < 4.78 is 10.6. The van der Waals surface area contributed by atoms with Crippen molar-refractivity contribution in [3.05, 3.63) is 47.4 Å².